The molecule has 0 radical (unpaired) electrons. The summed E-state index contributed by atoms with van der Waals surface area (Å²) in [7, 11) is 0. The Balaban J connectivity index is 1.55. The zero-order valence-electron chi connectivity index (χ0n) is 17.8. The van der Waals surface area contributed by atoms with Crippen LogP contribution < -0.4 is 21.7 Å². The first kappa shape index (κ1) is 22.9. The zero-order chi connectivity index (χ0) is 23.0. The van der Waals surface area contributed by atoms with Crippen LogP contribution in [-0.2, 0) is 38.3 Å². The number of hydrogen-bond donors (Lipinski definition) is 4. The molecule has 0 saturated heterocycles. The van der Waals surface area contributed by atoms with Crippen molar-refractivity contribution in [2.75, 3.05) is 11.9 Å². The fraction of sp³-hybridized carbons (Fsp3) is 0.455. The van der Waals surface area contributed by atoms with Gasteiger partial charge in [0.15, 0.2) is 0 Å². The first-order chi connectivity index (χ1) is 15.2. The molecule has 10 heteroatoms. The highest BCUT2D eigenvalue weighted by Gasteiger charge is 2.39. The Labute approximate surface area is 193 Å². The number of carbonyl (C=O) groups is 2. The topological polar surface area (TPSA) is 96.2 Å². The van der Waals surface area contributed by atoms with Gasteiger partial charge in [0.25, 0.3) is 5.91 Å². The van der Waals surface area contributed by atoms with Crippen molar-refractivity contribution in [1.82, 2.24) is 10.6 Å². The number of thiophene rings is 2. The van der Waals surface area contributed by atoms with E-state index in [1.807, 2.05) is 0 Å². The van der Waals surface area contributed by atoms with Crippen LogP contribution in [0.2, 0.25) is 0 Å². The van der Waals surface area contributed by atoms with E-state index in [4.69, 9.17) is 5.73 Å². The van der Waals surface area contributed by atoms with E-state index in [0.717, 1.165) is 57.9 Å². The zero-order valence-corrected chi connectivity index (χ0v) is 19.5. The molecule has 2 aliphatic rings. The summed E-state index contributed by atoms with van der Waals surface area (Å²) >= 11 is 2.44. The predicted molar refractivity (Wildman–Crippen MR) is 124 cm³/mol. The molecular formula is C22H26F2N4O2S2. The van der Waals surface area contributed by atoms with Gasteiger partial charge in [0, 0.05) is 22.8 Å². The maximum atomic E-state index is 14.9. The second-order valence-electron chi connectivity index (χ2n) is 8.18. The van der Waals surface area contributed by atoms with Crippen molar-refractivity contribution in [3.05, 3.63) is 49.0 Å². The molecule has 0 spiro atoms. The fourth-order valence-corrected chi connectivity index (χ4v) is 6.94. The number of nitrogens with two attached hydrogens (primary N) is 1. The molecular weight excluding hydrogens is 454 g/mol. The maximum Gasteiger partial charge on any atom is 0.320 e. The van der Waals surface area contributed by atoms with Crippen LogP contribution in [0.15, 0.2) is 12.2 Å². The second-order valence-corrected chi connectivity index (χ2v) is 10.4. The van der Waals surface area contributed by atoms with Crippen molar-refractivity contribution in [2.24, 2.45) is 5.73 Å². The third-order valence-electron chi connectivity index (χ3n) is 5.93. The molecule has 1 aliphatic heterocycles. The van der Waals surface area contributed by atoms with Gasteiger partial charge in [-0.3, -0.25) is 10.1 Å². The van der Waals surface area contributed by atoms with Crippen LogP contribution in [0, 0.1) is 0 Å². The summed E-state index contributed by atoms with van der Waals surface area (Å²) in [5.41, 5.74) is 7.97. The van der Waals surface area contributed by atoms with Crippen LogP contribution in [0.25, 0.3) is 0 Å². The smallest absolute Gasteiger partial charge is 0.320 e. The lowest BCUT2D eigenvalue weighted by Crippen LogP contribution is -2.31. The van der Waals surface area contributed by atoms with Gasteiger partial charge in [-0.25, -0.2) is 4.79 Å². The van der Waals surface area contributed by atoms with Gasteiger partial charge in [0.1, 0.15) is 5.00 Å². The molecule has 4 rings (SSSR count). The normalized spacial score (nSPS) is 15.6. The quantitative estimate of drug-likeness (QED) is 0.461. The number of alkyl halides is 2. The summed E-state index contributed by atoms with van der Waals surface area (Å²) in [5, 5.41) is 9.06. The summed E-state index contributed by atoms with van der Waals surface area (Å²) < 4.78 is 29.8. The Kier molecular flexibility index (Phi) is 6.37. The molecule has 0 fully saturated rings. The van der Waals surface area contributed by atoms with E-state index in [-0.39, 0.29) is 17.0 Å². The van der Waals surface area contributed by atoms with Gasteiger partial charge in [0.05, 0.1) is 10.4 Å². The molecule has 0 bridgehead atoms. The second kappa shape index (κ2) is 8.92. The van der Waals surface area contributed by atoms with Crippen molar-refractivity contribution < 1.29 is 18.4 Å². The van der Waals surface area contributed by atoms with Gasteiger partial charge >= 0.3 is 12.0 Å². The first-order valence-corrected chi connectivity index (χ1v) is 12.2. The number of carbonyl (C=O) groups excluding carboxylic acids is 2. The Bertz CT molecular complexity index is 1090. The predicted octanol–water partition coefficient (Wildman–Crippen LogP) is 4.42. The number of hydrogen-bond acceptors (Lipinski definition) is 5. The van der Waals surface area contributed by atoms with E-state index in [1.54, 1.807) is 0 Å². The summed E-state index contributed by atoms with van der Waals surface area (Å²) in [4.78, 5) is 26.6. The molecule has 172 valence electrons. The number of urea groups is 1. The van der Waals surface area contributed by atoms with Crippen molar-refractivity contribution >= 4 is 39.6 Å². The molecule has 0 aromatic carbocycles. The van der Waals surface area contributed by atoms with E-state index in [1.165, 1.54) is 18.3 Å². The van der Waals surface area contributed by atoms with E-state index >= 15 is 0 Å². The molecule has 5 N–H and O–H groups in total. The van der Waals surface area contributed by atoms with Gasteiger partial charge < -0.3 is 16.4 Å². The van der Waals surface area contributed by atoms with Gasteiger partial charge in [-0.15, -0.1) is 22.7 Å². The highest BCUT2D eigenvalue weighted by molar-refractivity contribution is 7.17. The number of rotatable bonds is 6. The summed E-state index contributed by atoms with van der Waals surface area (Å²) in [6.07, 6.45) is 4.27. The molecule has 2 aromatic heterocycles. The van der Waals surface area contributed by atoms with Gasteiger partial charge in [-0.05, 0) is 67.8 Å². The molecule has 3 heterocycles. The Morgan fingerprint density at radius 1 is 1.16 bits per heavy atom. The number of anilines is 1. The Morgan fingerprint density at radius 2 is 1.91 bits per heavy atom. The SMILES string of the molecule is C=C(C)C(F)(F)c1sc2c(c1CNC(=O)Nc1sc3c(c1C(N)=O)CCCC3)CCNC2. The summed E-state index contributed by atoms with van der Waals surface area (Å²) in [6, 6.07) is -0.551. The third kappa shape index (κ3) is 4.18. The van der Waals surface area contributed by atoms with E-state index in [2.05, 4.69) is 22.5 Å². The van der Waals surface area contributed by atoms with Gasteiger partial charge in [-0.1, -0.05) is 6.58 Å². The number of nitrogens with one attached hydrogen (secondary N) is 3. The Morgan fingerprint density at radius 3 is 2.62 bits per heavy atom. The number of halogens is 2. The number of aryl methyl sites for hydroxylation is 1. The molecule has 0 saturated carbocycles. The largest absolute Gasteiger partial charge is 0.365 e. The number of primary amides is 1. The molecule has 3 amide bonds. The molecule has 0 atom stereocenters. The van der Waals surface area contributed by atoms with Crippen molar-refractivity contribution in [3.63, 3.8) is 0 Å². The molecule has 2 aromatic rings. The maximum absolute atomic E-state index is 14.9. The van der Waals surface area contributed by atoms with Crippen LogP contribution in [0.4, 0.5) is 18.6 Å². The summed E-state index contributed by atoms with van der Waals surface area (Å²) in [6.45, 7) is 5.97. The highest BCUT2D eigenvalue weighted by atomic mass is 32.1. The lowest BCUT2D eigenvalue weighted by molar-refractivity contribution is 0.0416. The Hall–Kier alpha value is -2.30. The highest BCUT2D eigenvalue weighted by Crippen LogP contribution is 2.44. The van der Waals surface area contributed by atoms with Crippen LogP contribution in [0.5, 0.6) is 0 Å². The lowest BCUT2D eigenvalue weighted by Gasteiger charge is -2.18. The van der Waals surface area contributed by atoms with Crippen LogP contribution in [0.1, 0.15) is 61.4 Å². The lowest BCUT2D eigenvalue weighted by atomic mass is 9.95. The van der Waals surface area contributed by atoms with E-state index in [9.17, 15) is 18.4 Å². The van der Waals surface area contributed by atoms with E-state index < -0.39 is 17.9 Å². The average molecular weight is 481 g/mol. The van der Waals surface area contributed by atoms with Crippen LogP contribution in [-0.4, -0.2) is 18.5 Å². The van der Waals surface area contributed by atoms with Crippen molar-refractivity contribution in [2.45, 2.75) is 58.0 Å². The monoisotopic (exact) mass is 480 g/mol. The third-order valence-corrected chi connectivity index (χ3v) is 8.48. The number of amides is 3. The summed E-state index contributed by atoms with van der Waals surface area (Å²) in [5.74, 6) is -3.73. The fourth-order valence-electron chi connectivity index (χ4n) is 4.27. The molecule has 0 unspecified atom stereocenters. The minimum Gasteiger partial charge on any atom is -0.365 e. The standard InChI is InChI=1S/C22H26F2N4O2S2/c1-11(2)22(23,24)18-14(12-7-8-26-10-16(12)31-18)9-27-21(30)28-20-17(19(25)29)13-5-3-4-6-15(13)32-20/h26H,1,3-10H2,2H3,(H2,25,29)(H2,27,28,30). The molecule has 32 heavy (non-hydrogen) atoms. The van der Waals surface area contributed by atoms with Crippen LogP contribution >= 0.6 is 22.7 Å². The first-order valence-electron chi connectivity index (χ1n) is 10.6. The minimum absolute atomic E-state index is 0.0349. The van der Waals surface area contributed by atoms with Crippen LogP contribution in [0.3, 0.4) is 0 Å². The molecule has 6 nitrogen and oxygen atoms in total. The number of fused-ring (bicyclic) bond motifs is 2. The van der Waals surface area contributed by atoms with E-state index in [0.29, 0.717) is 35.6 Å². The average Bonchev–Trinajstić information content (AvgIpc) is 3.30. The van der Waals surface area contributed by atoms with Crippen molar-refractivity contribution in [1.29, 1.82) is 0 Å². The minimum atomic E-state index is -3.17. The molecule has 1 aliphatic carbocycles. The van der Waals surface area contributed by atoms with Gasteiger partial charge in [-0.2, -0.15) is 8.78 Å². The van der Waals surface area contributed by atoms with Gasteiger partial charge in [0.2, 0.25) is 0 Å². The van der Waals surface area contributed by atoms with Crippen molar-refractivity contribution in [3.8, 4) is 0 Å². The number of allylic oxidation sites excluding steroid dienone is 1.